The average molecular weight is 290 g/mol. The molecule has 0 fully saturated rings. The second-order valence-electron chi connectivity index (χ2n) is 3.99. The lowest BCUT2D eigenvalue weighted by Gasteiger charge is -2.23. The lowest BCUT2D eigenvalue weighted by Crippen LogP contribution is -2.33. The molecule has 90 valence electrons. The van der Waals surface area contributed by atoms with Crippen LogP contribution in [0.15, 0.2) is 15.6 Å². The first-order valence-electron chi connectivity index (χ1n) is 5.15. The first-order valence-corrected chi connectivity index (χ1v) is 5.95. The monoisotopic (exact) mass is 289 g/mol. The predicted molar refractivity (Wildman–Crippen MR) is 66.6 cm³/mol. The van der Waals surface area contributed by atoms with Crippen LogP contribution in [-0.4, -0.2) is 27.2 Å². The standard InChI is InChI=1S/C10H16BrN3O2/c1-3-4-10(2,16)5-12-8-7(11)9(15)14-6-13-8/h6,16H,3-5H2,1-2H3,(H2,12,13,14,15). The van der Waals surface area contributed by atoms with E-state index in [9.17, 15) is 9.90 Å². The van der Waals surface area contributed by atoms with Gasteiger partial charge in [0.25, 0.3) is 5.56 Å². The van der Waals surface area contributed by atoms with Gasteiger partial charge in [0.2, 0.25) is 0 Å². The summed E-state index contributed by atoms with van der Waals surface area (Å²) in [4.78, 5) is 17.7. The lowest BCUT2D eigenvalue weighted by atomic mass is 10.0. The molecule has 1 aromatic heterocycles. The fourth-order valence-electron chi connectivity index (χ4n) is 1.41. The number of aliphatic hydroxyl groups is 1. The van der Waals surface area contributed by atoms with E-state index in [0.717, 1.165) is 6.42 Å². The summed E-state index contributed by atoms with van der Waals surface area (Å²) in [5.74, 6) is 0.445. The maximum absolute atomic E-state index is 11.2. The first-order chi connectivity index (χ1) is 7.46. The third-order valence-electron chi connectivity index (χ3n) is 2.22. The molecule has 0 aliphatic heterocycles. The van der Waals surface area contributed by atoms with E-state index in [2.05, 4.69) is 31.2 Å². The Hall–Kier alpha value is -0.880. The Morgan fingerprint density at radius 1 is 1.69 bits per heavy atom. The Labute approximate surface area is 102 Å². The molecule has 1 atom stereocenters. The zero-order valence-electron chi connectivity index (χ0n) is 9.38. The molecule has 1 aromatic rings. The molecule has 5 nitrogen and oxygen atoms in total. The van der Waals surface area contributed by atoms with Crippen molar-refractivity contribution in [2.75, 3.05) is 11.9 Å². The molecule has 0 aliphatic carbocycles. The maximum Gasteiger partial charge on any atom is 0.267 e. The predicted octanol–water partition coefficient (Wildman–Crippen LogP) is 1.50. The van der Waals surface area contributed by atoms with Crippen molar-refractivity contribution >= 4 is 21.7 Å². The molecule has 3 N–H and O–H groups in total. The van der Waals surface area contributed by atoms with Gasteiger partial charge in [0.05, 0.1) is 11.9 Å². The zero-order valence-corrected chi connectivity index (χ0v) is 11.0. The number of halogens is 1. The fourth-order valence-corrected chi connectivity index (χ4v) is 1.76. The molecule has 0 aromatic carbocycles. The molecule has 0 bridgehead atoms. The highest BCUT2D eigenvalue weighted by atomic mass is 79.9. The van der Waals surface area contributed by atoms with Crippen molar-refractivity contribution < 1.29 is 5.11 Å². The van der Waals surface area contributed by atoms with Crippen LogP contribution in [-0.2, 0) is 0 Å². The van der Waals surface area contributed by atoms with Gasteiger partial charge in [-0.15, -0.1) is 0 Å². The molecule has 1 unspecified atom stereocenters. The molecular formula is C10H16BrN3O2. The van der Waals surface area contributed by atoms with Gasteiger partial charge < -0.3 is 15.4 Å². The van der Waals surface area contributed by atoms with E-state index >= 15 is 0 Å². The Balaban J connectivity index is 2.68. The molecule has 0 radical (unpaired) electrons. The van der Waals surface area contributed by atoms with Gasteiger partial charge in [-0.05, 0) is 29.3 Å². The van der Waals surface area contributed by atoms with Crippen molar-refractivity contribution in [1.82, 2.24) is 9.97 Å². The number of H-pyrrole nitrogens is 1. The summed E-state index contributed by atoms with van der Waals surface area (Å²) in [6, 6.07) is 0. The van der Waals surface area contributed by atoms with Crippen LogP contribution in [0.4, 0.5) is 5.82 Å². The van der Waals surface area contributed by atoms with Crippen molar-refractivity contribution in [1.29, 1.82) is 0 Å². The van der Waals surface area contributed by atoms with E-state index in [-0.39, 0.29) is 5.56 Å². The molecule has 0 saturated carbocycles. The Kier molecular flexibility index (Phi) is 4.49. The van der Waals surface area contributed by atoms with Crippen LogP contribution < -0.4 is 10.9 Å². The number of hydrogen-bond donors (Lipinski definition) is 3. The number of anilines is 1. The van der Waals surface area contributed by atoms with Gasteiger partial charge in [0, 0.05) is 6.54 Å². The number of aromatic nitrogens is 2. The molecule has 0 amide bonds. The van der Waals surface area contributed by atoms with Crippen molar-refractivity contribution in [2.24, 2.45) is 0 Å². The third-order valence-corrected chi connectivity index (χ3v) is 2.96. The summed E-state index contributed by atoms with van der Waals surface area (Å²) in [7, 11) is 0. The SMILES string of the molecule is CCCC(C)(O)CNc1nc[nH]c(=O)c1Br. The van der Waals surface area contributed by atoms with E-state index in [1.54, 1.807) is 6.92 Å². The van der Waals surface area contributed by atoms with Gasteiger partial charge in [-0.1, -0.05) is 13.3 Å². The van der Waals surface area contributed by atoms with Gasteiger partial charge in [-0.2, -0.15) is 0 Å². The molecular weight excluding hydrogens is 274 g/mol. The van der Waals surface area contributed by atoms with Crippen molar-refractivity contribution in [3.05, 3.63) is 21.2 Å². The van der Waals surface area contributed by atoms with Gasteiger partial charge in [0.15, 0.2) is 0 Å². The topological polar surface area (TPSA) is 78.0 Å². The molecule has 16 heavy (non-hydrogen) atoms. The first kappa shape index (κ1) is 13.2. The summed E-state index contributed by atoms with van der Waals surface area (Å²) in [6.07, 6.45) is 2.92. The van der Waals surface area contributed by atoms with Crippen LogP contribution >= 0.6 is 15.9 Å². The number of aromatic amines is 1. The highest BCUT2D eigenvalue weighted by Gasteiger charge is 2.19. The normalized spacial score (nSPS) is 14.5. The smallest absolute Gasteiger partial charge is 0.267 e. The second kappa shape index (κ2) is 5.45. The van der Waals surface area contributed by atoms with Crippen molar-refractivity contribution in [3.8, 4) is 0 Å². The minimum absolute atomic E-state index is 0.243. The summed E-state index contributed by atoms with van der Waals surface area (Å²) in [5.41, 5.74) is -1.04. The summed E-state index contributed by atoms with van der Waals surface area (Å²) < 4.78 is 0.349. The van der Waals surface area contributed by atoms with Gasteiger partial charge in [0.1, 0.15) is 10.3 Å². The van der Waals surface area contributed by atoms with Crippen LogP contribution in [0, 0.1) is 0 Å². The Morgan fingerprint density at radius 3 is 3.00 bits per heavy atom. The van der Waals surface area contributed by atoms with Gasteiger partial charge in [-0.3, -0.25) is 4.79 Å². The van der Waals surface area contributed by atoms with Crippen LogP contribution in [0.25, 0.3) is 0 Å². The quantitative estimate of drug-likeness (QED) is 0.768. The lowest BCUT2D eigenvalue weighted by molar-refractivity contribution is 0.0636. The van der Waals surface area contributed by atoms with Crippen molar-refractivity contribution in [2.45, 2.75) is 32.3 Å². The van der Waals surface area contributed by atoms with Crippen LogP contribution in [0.2, 0.25) is 0 Å². The molecule has 0 saturated heterocycles. The molecule has 1 heterocycles. The molecule has 1 rings (SSSR count). The minimum Gasteiger partial charge on any atom is -0.388 e. The Bertz CT molecular complexity index is 403. The van der Waals surface area contributed by atoms with Crippen LogP contribution in [0.1, 0.15) is 26.7 Å². The zero-order chi connectivity index (χ0) is 12.2. The fraction of sp³-hybridized carbons (Fsp3) is 0.600. The van der Waals surface area contributed by atoms with E-state index < -0.39 is 5.60 Å². The van der Waals surface area contributed by atoms with E-state index in [1.165, 1.54) is 6.33 Å². The van der Waals surface area contributed by atoms with E-state index in [1.807, 2.05) is 6.92 Å². The highest BCUT2D eigenvalue weighted by Crippen LogP contribution is 2.16. The second-order valence-corrected chi connectivity index (χ2v) is 4.79. The Morgan fingerprint density at radius 2 is 2.38 bits per heavy atom. The van der Waals surface area contributed by atoms with Gasteiger partial charge >= 0.3 is 0 Å². The highest BCUT2D eigenvalue weighted by molar-refractivity contribution is 9.10. The number of hydrogen-bond acceptors (Lipinski definition) is 4. The summed E-state index contributed by atoms with van der Waals surface area (Å²) >= 11 is 3.14. The van der Waals surface area contributed by atoms with E-state index in [0.29, 0.717) is 23.3 Å². The van der Waals surface area contributed by atoms with Crippen molar-refractivity contribution in [3.63, 3.8) is 0 Å². The molecule has 6 heteroatoms. The maximum atomic E-state index is 11.2. The average Bonchev–Trinajstić information content (AvgIpc) is 2.20. The number of nitrogens with zero attached hydrogens (tertiary/aromatic N) is 1. The number of nitrogens with one attached hydrogen (secondary N) is 2. The van der Waals surface area contributed by atoms with Crippen LogP contribution in [0.5, 0.6) is 0 Å². The number of rotatable bonds is 5. The van der Waals surface area contributed by atoms with Gasteiger partial charge in [-0.25, -0.2) is 4.98 Å². The molecule has 0 spiro atoms. The van der Waals surface area contributed by atoms with Crippen LogP contribution in [0.3, 0.4) is 0 Å². The largest absolute Gasteiger partial charge is 0.388 e. The summed E-state index contributed by atoms with van der Waals surface area (Å²) in [6.45, 7) is 4.12. The van der Waals surface area contributed by atoms with E-state index in [4.69, 9.17) is 0 Å². The molecule has 0 aliphatic rings. The third kappa shape index (κ3) is 3.61. The summed E-state index contributed by atoms with van der Waals surface area (Å²) in [5, 5.41) is 12.9. The minimum atomic E-state index is -0.793.